The zero-order chi connectivity index (χ0) is 18.0. The number of hydrogen-bond donors (Lipinski definition) is 1. The minimum absolute atomic E-state index is 0.183. The predicted molar refractivity (Wildman–Crippen MR) is 95.1 cm³/mol. The Labute approximate surface area is 145 Å². The molecular weight excluding hydrogens is 304 g/mol. The molecule has 0 saturated carbocycles. The van der Waals surface area contributed by atoms with Crippen molar-refractivity contribution in [3.05, 3.63) is 23.8 Å². The fourth-order valence-electron chi connectivity index (χ4n) is 2.33. The first-order valence-corrected chi connectivity index (χ1v) is 8.63. The Morgan fingerprint density at radius 3 is 2.62 bits per heavy atom. The molecule has 1 aromatic rings. The van der Waals surface area contributed by atoms with Crippen molar-refractivity contribution < 1.29 is 14.3 Å². The smallest absolute Gasteiger partial charge is 0.256 e. The maximum atomic E-state index is 12.7. The second-order valence-electron chi connectivity index (χ2n) is 5.89. The summed E-state index contributed by atoms with van der Waals surface area (Å²) in [6.07, 6.45) is 3.44. The number of anilines is 1. The molecule has 5 heteroatoms. The molecule has 1 atom stereocenters. The normalized spacial score (nSPS) is 13.0. The Morgan fingerprint density at radius 1 is 1.29 bits per heavy atom. The van der Waals surface area contributed by atoms with Crippen LogP contribution in [0.3, 0.4) is 0 Å². The number of nitriles is 1. The van der Waals surface area contributed by atoms with Crippen molar-refractivity contribution in [2.45, 2.75) is 59.0 Å². The van der Waals surface area contributed by atoms with E-state index in [4.69, 9.17) is 9.47 Å². The van der Waals surface area contributed by atoms with Gasteiger partial charge in [0.2, 0.25) is 0 Å². The molecule has 0 bridgehead atoms. The molecule has 1 N–H and O–H groups in total. The van der Waals surface area contributed by atoms with Crippen molar-refractivity contribution >= 4 is 11.6 Å². The number of carbonyl (C=O) groups is 1. The van der Waals surface area contributed by atoms with Crippen LogP contribution in [0.25, 0.3) is 0 Å². The molecule has 0 saturated heterocycles. The lowest BCUT2D eigenvalue weighted by Gasteiger charge is -2.28. The molecule has 0 aromatic heterocycles. The van der Waals surface area contributed by atoms with E-state index in [9.17, 15) is 10.1 Å². The Bertz CT molecular complexity index is 570. The zero-order valence-corrected chi connectivity index (χ0v) is 15.1. The van der Waals surface area contributed by atoms with Gasteiger partial charge in [0.25, 0.3) is 5.91 Å². The second-order valence-corrected chi connectivity index (χ2v) is 5.89. The number of benzene rings is 1. The minimum Gasteiger partial charge on any atom is -0.492 e. The summed E-state index contributed by atoms with van der Waals surface area (Å²) >= 11 is 0. The van der Waals surface area contributed by atoms with E-state index in [0.717, 1.165) is 19.3 Å². The molecule has 0 aliphatic carbocycles. The standard InChI is InChI=1S/C19H28N2O3/c1-5-8-11-19(4,24-12-6-2)18(22)21-16-9-10-17(23-7-3)15(13-16)14-20/h9-10,13H,5-8,11-12H2,1-4H3,(H,21,22). The second kappa shape index (κ2) is 9.94. The summed E-state index contributed by atoms with van der Waals surface area (Å²) in [7, 11) is 0. The molecule has 24 heavy (non-hydrogen) atoms. The lowest BCUT2D eigenvalue weighted by Crippen LogP contribution is -2.43. The summed E-state index contributed by atoms with van der Waals surface area (Å²) in [6, 6.07) is 7.16. The van der Waals surface area contributed by atoms with Gasteiger partial charge in [-0.3, -0.25) is 4.79 Å². The van der Waals surface area contributed by atoms with Gasteiger partial charge >= 0.3 is 0 Å². The van der Waals surface area contributed by atoms with Crippen molar-refractivity contribution in [3.8, 4) is 11.8 Å². The molecule has 1 unspecified atom stereocenters. The zero-order valence-electron chi connectivity index (χ0n) is 15.1. The van der Waals surface area contributed by atoms with Gasteiger partial charge in [-0.1, -0.05) is 26.7 Å². The van der Waals surface area contributed by atoms with Crippen molar-refractivity contribution in [2.75, 3.05) is 18.5 Å². The third-order valence-electron chi connectivity index (χ3n) is 3.77. The van der Waals surface area contributed by atoms with Crippen molar-refractivity contribution in [2.24, 2.45) is 0 Å². The summed E-state index contributed by atoms with van der Waals surface area (Å²) in [5.41, 5.74) is 0.111. The summed E-state index contributed by atoms with van der Waals surface area (Å²) in [5.74, 6) is 0.339. The maximum absolute atomic E-state index is 12.7. The quantitative estimate of drug-likeness (QED) is 0.694. The third-order valence-corrected chi connectivity index (χ3v) is 3.77. The minimum atomic E-state index is -0.864. The number of rotatable bonds is 10. The Balaban J connectivity index is 2.91. The lowest BCUT2D eigenvalue weighted by atomic mass is 9.97. The number of unbranched alkanes of at least 4 members (excludes halogenated alkanes) is 1. The molecule has 5 nitrogen and oxygen atoms in total. The number of amides is 1. The highest BCUT2D eigenvalue weighted by Gasteiger charge is 2.33. The lowest BCUT2D eigenvalue weighted by molar-refractivity contribution is -0.140. The summed E-state index contributed by atoms with van der Waals surface area (Å²) < 4.78 is 11.2. The van der Waals surface area contributed by atoms with E-state index in [-0.39, 0.29) is 5.91 Å². The van der Waals surface area contributed by atoms with Gasteiger partial charge in [0, 0.05) is 12.3 Å². The topological polar surface area (TPSA) is 71.3 Å². The van der Waals surface area contributed by atoms with Crippen LogP contribution >= 0.6 is 0 Å². The highest BCUT2D eigenvalue weighted by Crippen LogP contribution is 2.25. The Hall–Kier alpha value is -2.06. The van der Waals surface area contributed by atoms with Crippen LogP contribution in [0.15, 0.2) is 18.2 Å². The SMILES string of the molecule is CCCCC(C)(OCCC)C(=O)Nc1ccc(OCC)c(C#N)c1. The average Bonchev–Trinajstić information content (AvgIpc) is 2.59. The van der Waals surface area contributed by atoms with Gasteiger partial charge in [-0.25, -0.2) is 0 Å². The van der Waals surface area contributed by atoms with Crippen LogP contribution in [-0.2, 0) is 9.53 Å². The number of carbonyl (C=O) groups excluding carboxylic acids is 1. The molecule has 0 aliphatic heterocycles. The fourth-order valence-corrected chi connectivity index (χ4v) is 2.33. The Morgan fingerprint density at radius 2 is 2.04 bits per heavy atom. The van der Waals surface area contributed by atoms with Crippen LogP contribution in [0, 0.1) is 11.3 Å². The largest absolute Gasteiger partial charge is 0.492 e. The van der Waals surface area contributed by atoms with Gasteiger partial charge in [0.05, 0.1) is 12.2 Å². The highest BCUT2D eigenvalue weighted by molar-refractivity contribution is 5.97. The van der Waals surface area contributed by atoms with Gasteiger partial charge < -0.3 is 14.8 Å². The third kappa shape index (κ3) is 5.54. The number of hydrogen-bond acceptors (Lipinski definition) is 4. The molecule has 132 valence electrons. The van der Waals surface area contributed by atoms with E-state index in [1.807, 2.05) is 20.8 Å². The van der Waals surface area contributed by atoms with E-state index in [1.54, 1.807) is 18.2 Å². The van der Waals surface area contributed by atoms with Crippen LogP contribution < -0.4 is 10.1 Å². The molecule has 0 aliphatic rings. The number of ether oxygens (including phenoxy) is 2. The molecular formula is C19H28N2O3. The van der Waals surface area contributed by atoms with Crippen molar-refractivity contribution in [3.63, 3.8) is 0 Å². The van der Waals surface area contributed by atoms with E-state index in [1.165, 1.54) is 0 Å². The van der Waals surface area contributed by atoms with E-state index >= 15 is 0 Å². The van der Waals surface area contributed by atoms with Gasteiger partial charge in [-0.2, -0.15) is 5.26 Å². The molecule has 0 spiro atoms. The Kier molecular flexibility index (Phi) is 8.28. The monoisotopic (exact) mass is 332 g/mol. The number of nitrogens with zero attached hydrogens (tertiary/aromatic N) is 1. The van der Waals surface area contributed by atoms with Crippen LogP contribution in [0.5, 0.6) is 5.75 Å². The molecule has 1 aromatic carbocycles. The van der Waals surface area contributed by atoms with Gasteiger partial charge in [-0.15, -0.1) is 0 Å². The molecule has 0 fully saturated rings. The summed E-state index contributed by atoms with van der Waals surface area (Å²) in [4.78, 5) is 12.7. The summed E-state index contributed by atoms with van der Waals surface area (Å²) in [6.45, 7) is 8.82. The summed E-state index contributed by atoms with van der Waals surface area (Å²) in [5, 5.41) is 12.1. The van der Waals surface area contributed by atoms with Gasteiger partial charge in [-0.05, 0) is 44.9 Å². The predicted octanol–water partition coefficient (Wildman–Crippen LogP) is 4.27. The first-order chi connectivity index (χ1) is 11.5. The van der Waals surface area contributed by atoms with E-state index in [0.29, 0.717) is 36.6 Å². The van der Waals surface area contributed by atoms with E-state index in [2.05, 4.69) is 18.3 Å². The van der Waals surface area contributed by atoms with Crippen molar-refractivity contribution in [1.82, 2.24) is 0 Å². The molecule has 0 heterocycles. The van der Waals surface area contributed by atoms with Crippen LogP contribution in [0.4, 0.5) is 5.69 Å². The average molecular weight is 332 g/mol. The molecule has 1 amide bonds. The first-order valence-electron chi connectivity index (χ1n) is 8.63. The molecule has 1 rings (SSSR count). The van der Waals surface area contributed by atoms with Crippen LogP contribution in [0.1, 0.15) is 58.9 Å². The molecule has 0 radical (unpaired) electrons. The highest BCUT2D eigenvalue weighted by atomic mass is 16.5. The van der Waals surface area contributed by atoms with Gasteiger partial charge in [0.15, 0.2) is 0 Å². The van der Waals surface area contributed by atoms with Crippen LogP contribution in [-0.4, -0.2) is 24.7 Å². The van der Waals surface area contributed by atoms with Crippen LogP contribution in [0.2, 0.25) is 0 Å². The fraction of sp³-hybridized carbons (Fsp3) is 0.579. The van der Waals surface area contributed by atoms with Crippen molar-refractivity contribution in [1.29, 1.82) is 5.26 Å². The number of nitrogens with one attached hydrogen (secondary N) is 1. The maximum Gasteiger partial charge on any atom is 0.256 e. The first kappa shape index (κ1) is 20.0. The van der Waals surface area contributed by atoms with E-state index < -0.39 is 5.60 Å². The van der Waals surface area contributed by atoms with Gasteiger partial charge in [0.1, 0.15) is 17.4 Å².